The van der Waals surface area contributed by atoms with E-state index in [-0.39, 0.29) is 42.7 Å². The number of carbonyl (C=O) groups excluding carboxylic acids is 3. The van der Waals surface area contributed by atoms with Crippen molar-refractivity contribution in [2.75, 3.05) is 7.11 Å². The minimum Gasteiger partial charge on any atom is -0.469 e. The van der Waals surface area contributed by atoms with Crippen LogP contribution >= 0.6 is 0 Å². The van der Waals surface area contributed by atoms with Gasteiger partial charge < -0.3 is 9.53 Å². The zero-order chi connectivity index (χ0) is 11.8. The highest BCUT2D eigenvalue weighted by Crippen LogP contribution is 2.12. The molecule has 1 unspecified atom stereocenters. The molecule has 0 saturated carbocycles. The van der Waals surface area contributed by atoms with Gasteiger partial charge in [-0.25, -0.2) is 0 Å². The minimum atomic E-state index is -0.366. The van der Waals surface area contributed by atoms with Crippen LogP contribution in [0.3, 0.4) is 0 Å². The average molecular weight is 214 g/mol. The summed E-state index contributed by atoms with van der Waals surface area (Å²) in [5, 5.41) is 0. The molecule has 0 saturated heterocycles. The molecule has 0 bridgehead atoms. The van der Waals surface area contributed by atoms with E-state index >= 15 is 0 Å². The van der Waals surface area contributed by atoms with Gasteiger partial charge in [-0.15, -0.1) is 0 Å². The molecule has 86 valence electrons. The predicted molar refractivity (Wildman–Crippen MR) is 55.3 cm³/mol. The molecule has 1 atom stereocenters. The predicted octanol–water partition coefficient (Wildman–Crippen LogP) is 1.51. The molecule has 0 aliphatic carbocycles. The molecule has 0 aliphatic heterocycles. The third-order valence-electron chi connectivity index (χ3n) is 2.26. The quantitative estimate of drug-likeness (QED) is 0.603. The van der Waals surface area contributed by atoms with Crippen molar-refractivity contribution in [1.29, 1.82) is 0 Å². The van der Waals surface area contributed by atoms with Gasteiger partial charge in [-0.2, -0.15) is 0 Å². The Hall–Kier alpha value is -1.19. The van der Waals surface area contributed by atoms with Crippen LogP contribution in [0.25, 0.3) is 0 Å². The molecule has 0 spiro atoms. The number of methoxy groups -OCH3 is 1. The summed E-state index contributed by atoms with van der Waals surface area (Å²) >= 11 is 0. The van der Waals surface area contributed by atoms with Gasteiger partial charge in [-0.1, -0.05) is 6.92 Å². The van der Waals surface area contributed by atoms with E-state index in [2.05, 4.69) is 4.74 Å². The van der Waals surface area contributed by atoms with Crippen molar-refractivity contribution < 1.29 is 19.1 Å². The van der Waals surface area contributed by atoms with Gasteiger partial charge in [0.2, 0.25) is 0 Å². The lowest BCUT2D eigenvalue weighted by Crippen LogP contribution is -2.19. The maximum atomic E-state index is 11.4. The lowest BCUT2D eigenvalue weighted by atomic mass is 9.97. The fraction of sp³-hybridized carbons (Fsp3) is 0.727. The summed E-state index contributed by atoms with van der Waals surface area (Å²) in [7, 11) is 1.31. The van der Waals surface area contributed by atoms with E-state index in [1.54, 1.807) is 0 Å². The van der Waals surface area contributed by atoms with Gasteiger partial charge in [0.25, 0.3) is 0 Å². The van der Waals surface area contributed by atoms with Crippen molar-refractivity contribution in [3.8, 4) is 0 Å². The zero-order valence-corrected chi connectivity index (χ0v) is 9.54. The lowest BCUT2D eigenvalue weighted by molar-refractivity contribution is -0.147. The summed E-state index contributed by atoms with van der Waals surface area (Å²) in [5.41, 5.74) is 0. The van der Waals surface area contributed by atoms with Crippen LogP contribution in [0.1, 0.15) is 39.5 Å². The summed E-state index contributed by atoms with van der Waals surface area (Å²) in [5.74, 6) is -0.778. The van der Waals surface area contributed by atoms with E-state index in [0.29, 0.717) is 6.42 Å². The van der Waals surface area contributed by atoms with Crippen LogP contribution in [0.5, 0.6) is 0 Å². The van der Waals surface area contributed by atoms with Crippen LogP contribution < -0.4 is 0 Å². The summed E-state index contributed by atoms with van der Waals surface area (Å²) in [6.45, 7) is 3.28. The van der Waals surface area contributed by atoms with Crippen molar-refractivity contribution in [3.63, 3.8) is 0 Å². The Morgan fingerprint density at radius 1 is 1.20 bits per heavy atom. The summed E-state index contributed by atoms with van der Waals surface area (Å²) in [4.78, 5) is 33.2. The highest BCUT2D eigenvalue weighted by atomic mass is 16.5. The van der Waals surface area contributed by atoms with Crippen molar-refractivity contribution >= 4 is 17.5 Å². The maximum Gasteiger partial charge on any atom is 0.309 e. The normalized spacial score (nSPS) is 11.9. The van der Waals surface area contributed by atoms with Gasteiger partial charge in [-0.3, -0.25) is 9.59 Å². The Morgan fingerprint density at radius 2 is 1.80 bits per heavy atom. The first-order chi connectivity index (χ1) is 7.01. The molecule has 4 nitrogen and oxygen atoms in total. The number of esters is 1. The number of hydrogen-bond donors (Lipinski definition) is 0. The first-order valence-electron chi connectivity index (χ1n) is 5.10. The summed E-state index contributed by atoms with van der Waals surface area (Å²) < 4.78 is 4.57. The fourth-order valence-corrected chi connectivity index (χ4v) is 1.25. The highest BCUT2D eigenvalue weighted by Gasteiger charge is 2.20. The van der Waals surface area contributed by atoms with E-state index in [0.717, 1.165) is 0 Å². The van der Waals surface area contributed by atoms with Crippen molar-refractivity contribution in [3.05, 3.63) is 0 Å². The van der Waals surface area contributed by atoms with Crippen LogP contribution in [-0.2, 0) is 19.1 Å². The first-order valence-corrected chi connectivity index (χ1v) is 5.10. The molecule has 0 rings (SSSR count). The third-order valence-corrected chi connectivity index (χ3v) is 2.26. The standard InChI is InChI=1S/C11H18O4/c1-4-9(11(14)15-3)7-10(13)6-5-8(2)12/h9H,4-7H2,1-3H3. The van der Waals surface area contributed by atoms with E-state index in [4.69, 9.17) is 0 Å². The SMILES string of the molecule is CCC(CC(=O)CCC(C)=O)C(=O)OC. The molecule has 0 aromatic carbocycles. The Balaban J connectivity index is 4.01. The lowest BCUT2D eigenvalue weighted by Gasteiger charge is -2.10. The van der Waals surface area contributed by atoms with Gasteiger partial charge in [0.15, 0.2) is 0 Å². The molecule has 4 heteroatoms. The van der Waals surface area contributed by atoms with Gasteiger partial charge in [0.05, 0.1) is 13.0 Å². The summed E-state index contributed by atoms with van der Waals surface area (Å²) in [6, 6.07) is 0. The average Bonchev–Trinajstić information content (AvgIpc) is 2.21. The number of ketones is 2. The van der Waals surface area contributed by atoms with Crippen molar-refractivity contribution in [2.24, 2.45) is 5.92 Å². The number of rotatable bonds is 7. The zero-order valence-electron chi connectivity index (χ0n) is 9.54. The molecule has 0 heterocycles. The van der Waals surface area contributed by atoms with Crippen LogP contribution in [0.2, 0.25) is 0 Å². The molecule has 0 aromatic heterocycles. The van der Waals surface area contributed by atoms with Gasteiger partial charge >= 0.3 is 5.97 Å². The monoisotopic (exact) mass is 214 g/mol. The van der Waals surface area contributed by atoms with Crippen LogP contribution in [0.15, 0.2) is 0 Å². The first kappa shape index (κ1) is 13.8. The summed E-state index contributed by atoms with van der Waals surface area (Å²) in [6.07, 6.45) is 1.24. The van der Waals surface area contributed by atoms with E-state index < -0.39 is 0 Å². The largest absolute Gasteiger partial charge is 0.469 e. The third kappa shape index (κ3) is 5.99. The van der Waals surface area contributed by atoms with Gasteiger partial charge in [0.1, 0.15) is 11.6 Å². The second-order valence-corrected chi connectivity index (χ2v) is 3.57. The van der Waals surface area contributed by atoms with Crippen LogP contribution in [0.4, 0.5) is 0 Å². The van der Waals surface area contributed by atoms with E-state index in [1.807, 2.05) is 6.92 Å². The molecule has 15 heavy (non-hydrogen) atoms. The molecule has 0 fully saturated rings. The number of ether oxygens (including phenoxy) is 1. The van der Waals surface area contributed by atoms with Crippen molar-refractivity contribution in [2.45, 2.75) is 39.5 Å². The Kier molecular flexibility index (Phi) is 6.58. The Bertz CT molecular complexity index is 245. The number of Topliss-reactive ketones (excluding diaryl/α,β-unsaturated/α-hetero) is 2. The van der Waals surface area contributed by atoms with E-state index in [1.165, 1.54) is 14.0 Å². The maximum absolute atomic E-state index is 11.4. The van der Waals surface area contributed by atoms with Gasteiger partial charge in [0, 0.05) is 19.3 Å². The Morgan fingerprint density at radius 3 is 2.20 bits per heavy atom. The molecule has 0 amide bonds. The van der Waals surface area contributed by atoms with Crippen LogP contribution in [0, 0.1) is 5.92 Å². The molecule has 0 aliphatic rings. The van der Waals surface area contributed by atoms with Gasteiger partial charge in [-0.05, 0) is 13.3 Å². The topological polar surface area (TPSA) is 60.4 Å². The smallest absolute Gasteiger partial charge is 0.309 e. The second kappa shape index (κ2) is 7.15. The van der Waals surface area contributed by atoms with Crippen LogP contribution in [-0.4, -0.2) is 24.6 Å². The van der Waals surface area contributed by atoms with E-state index in [9.17, 15) is 14.4 Å². The Labute approximate surface area is 90.0 Å². The molecule has 0 radical (unpaired) electrons. The minimum absolute atomic E-state index is 0.00512. The van der Waals surface area contributed by atoms with Crippen molar-refractivity contribution in [1.82, 2.24) is 0 Å². The number of carbonyl (C=O) groups is 3. The molecular weight excluding hydrogens is 196 g/mol. The highest BCUT2D eigenvalue weighted by molar-refractivity contribution is 5.87. The number of hydrogen-bond acceptors (Lipinski definition) is 4. The molecular formula is C11H18O4. The fourth-order valence-electron chi connectivity index (χ4n) is 1.25. The molecule has 0 N–H and O–H groups in total. The second-order valence-electron chi connectivity index (χ2n) is 3.57. The molecule has 0 aromatic rings.